The van der Waals surface area contributed by atoms with Crippen molar-refractivity contribution in [2.24, 2.45) is 5.84 Å². The molecule has 3 nitrogen and oxygen atoms in total. The molecule has 1 aromatic heterocycles. The first-order valence-electron chi connectivity index (χ1n) is 5.91. The number of furan rings is 1. The molecule has 1 heterocycles. The molecule has 2 rings (SSSR count). The number of hydrogen-bond donors (Lipinski definition) is 2. The zero-order valence-corrected chi connectivity index (χ0v) is 9.80. The first kappa shape index (κ1) is 11.9. The van der Waals surface area contributed by atoms with Crippen LogP contribution in [0.2, 0.25) is 0 Å². The van der Waals surface area contributed by atoms with Gasteiger partial charge in [-0.1, -0.05) is 30.3 Å². The lowest BCUT2D eigenvalue weighted by molar-refractivity contribution is 0.430. The average molecular weight is 230 g/mol. The summed E-state index contributed by atoms with van der Waals surface area (Å²) in [5.41, 5.74) is 4.19. The van der Waals surface area contributed by atoms with Gasteiger partial charge >= 0.3 is 0 Å². The van der Waals surface area contributed by atoms with E-state index in [-0.39, 0.29) is 6.04 Å². The van der Waals surface area contributed by atoms with Crippen molar-refractivity contribution in [3.63, 3.8) is 0 Å². The van der Waals surface area contributed by atoms with Crippen LogP contribution in [0.3, 0.4) is 0 Å². The van der Waals surface area contributed by atoms with Crippen molar-refractivity contribution in [2.45, 2.75) is 25.3 Å². The standard InChI is InChI=1S/C14H18N2O/c15-16-13(11-14-7-4-10-17-14)9-8-12-5-2-1-3-6-12/h1-7,10,13,16H,8-9,11,15H2. The van der Waals surface area contributed by atoms with Crippen LogP contribution in [0, 0.1) is 0 Å². The number of nitrogens with one attached hydrogen (secondary N) is 1. The molecule has 0 amide bonds. The summed E-state index contributed by atoms with van der Waals surface area (Å²) in [6.45, 7) is 0. The molecule has 2 aromatic rings. The molecule has 0 saturated heterocycles. The Hall–Kier alpha value is -1.58. The molecule has 0 bridgehead atoms. The van der Waals surface area contributed by atoms with Crippen molar-refractivity contribution in [3.8, 4) is 0 Å². The predicted molar refractivity (Wildman–Crippen MR) is 68.3 cm³/mol. The third-order valence-electron chi connectivity index (χ3n) is 2.89. The topological polar surface area (TPSA) is 51.2 Å². The summed E-state index contributed by atoms with van der Waals surface area (Å²) in [5, 5.41) is 0. The maximum absolute atomic E-state index is 5.56. The molecule has 90 valence electrons. The van der Waals surface area contributed by atoms with E-state index in [0.29, 0.717) is 0 Å². The normalized spacial score (nSPS) is 12.5. The minimum absolute atomic E-state index is 0.251. The van der Waals surface area contributed by atoms with Gasteiger partial charge in [0, 0.05) is 12.5 Å². The highest BCUT2D eigenvalue weighted by Crippen LogP contribution is 2.10. The SMILES string of the molecule is NNC(CCc1ccccc1)Cc1ccco1. The highest BCUT2D eigenvalue weighted by molar-refractivity contribution is 5.15. The Labute approximate surface area is 102 Å². The molecule has 1 unspecified atom stereocenters. The van der Waals surface area contributed by atoms with Crippen LogP contribution in [0.4, 0.5) is 0 Å². The first-order chi connectivity index (χ1) is 8.38. The second kappa shape index (κ2) is 6.23. The fourth-order valence-corrected chi connectivity index (χ4v) is 1.90. The predicted octanol–water partition coefficient (Wildman–Crippen LogP) is 2.29. The minimum Gasteiger partial charge on any atom is -0.469 e. The Balaban J connectivity index is 1.84. The van der Waals surface area contributed by atoms with Crippen LogP contribution < -0.4 is 11.3 Å². The number of nitrogens with two attached hydrogens (primary N) is 1. The summed E-state index contributed by atoms with van der Waals surface area (Å²) in [5.74, 6) is 6.54. The molecular weight excluding hydrogens is 212 g/mol. The van der Waals surface area contributed by atoms with E-state index in [1.54, 1.807) is 6.26 Å². The van der Waals surface area contributed by atoms with Crippen LogP contribution in [0.25, 0.3) is 0 Å². The fraction of sp³-hybridized carbons (Fsp3) is 0.286. The van der Waals surface area contributed by atoms with Gasteiger partial charge in [0.2, 0.25) is 0 Å². The van der Waals surface area contributed by atoms with Gasteiger partial charge in [0.1, 0.15) is 5.76 Å². The molecular formula is C14H18N2O. The van der Waals surface area contributed by atoms with Crippen LogP contribution in [-0.4, -0.2) is 6.04 Å². The quantitative estimate of drug-likeness (QED) is 0.591. The van der Waals surface area contributed by atoms with Crippen LogP contribution in [0.5, 0.6) is 0 Å². The highest BCUT2D eigenvalue weighted by Gasteiger charge is 2.09. The molecule has 3 N–H and O–H groups in total. The van der Waals surface area contributed by atoms with Gasteiger partial charge in [-0.2, -0.15) is 0 Å². The van der Waals surface area contributed by atoms with Gasteiger partial charge in [-0.3, -0.25) is 11.3 Å². The summed E-state index contributed by atoms with van der Waals surface area (Å²) in [7, 11) is 0. The maximum atomic E-state index is 5.56. The molecule has 0 fully saturated rings. The van der Waals surface area contributed by atoms with Crippen molar-refractivity contribution < 1.29 is 4.42 Å². The molecule has 0 radical (unpaired) electrons. The Morgan fingerprint density at radius 2 is 1.94 bits per heavy atom. The molecule has 0 aliphatic rings. The zero-order chi connectivity index (χ0) is 11.9. The van der Waals surface area contributed by atoms with Gasteiger partial charge in [0.15, 0.2) is 0 Å². The first-order valence-corrected chi connectivity index (χ1v) is 5.91. The van der Waals surface area contributed by atoms with E-state index in [4.69, 9.17) is 10.3 Å². The van der Waals surface area contributed by atoms with Crippen LogP contribution >= 0.6 is 0 Å². The molecule has 0 aliphatic heterocycles. The number of rotatable bonds is 6. The number of aryl methyl sites for hydroxylation is 1. The average Bonchev–Trinajstić information content (AvgIpc) is 2.88. The Morgan fingerprint density at radius 3 is 2.59 bits per heavy atom. The van der Waals surface area contributed by atoms with Crippen molar-refractivity contribution in [2.75, 3.05) is 0 Å². The fourth-order valence-electron chi connectivity index (χ4n) is 1.90. The Morgan fingerprint density at radius 1 is 1.12 bits per heavy atom. The molecule has 0 spiro atoms. The maximum Gasteiger partial charge on any atom is 0.105 e. The van der Waals surface area contributed by atoms with E-state index in [0.717, 1.165) is 25.0 Å². The summed E-state index contributed by atoms with van der Waals surface area (Å²) < 4.78 is 5.32. The molecule has 1 aromatic carbocycles. The third-order valence-corrected chi connectivity index (χ3v) is 2.89. The van der Waals surface area contributed by atoms with E-state index in [9.17, 15) is 0 Å². The molecule has 0 saturated carbocycles. The van der Waals surface area contributed by atoms with Gasteiger partial charge < -0.3 is 4.42 Å². The Bertz CT molecular complexity index is 411. The van der Waals surface area contributed by atoms with Gasteiger partial charge in [-0.25, -0.2) is 0 Å². The van der Waals surface area contributed by atoms with Gasteiger partial charge in [0.05, 0.1) is 6.26 Å². The minimum atomic E-state index is 0.251. The number of benzene rings is 1. The third kappa shape index (κ3) is 3.73. The highest BCUT2D eigenvalue weighted by atomic mass is 16.3. The summed E-state index contributed by atoms with van der Waals surface area (Å²) in [6, 6.07) is 14.6. The Kier molecular flexibility index (Phi) is 4.36. The van der Waals surface area contributed by atoms with Crippen molar-refractivity contribution >= 4 is 0 Å². The van der Waals surface area contributed by atoms with Gasteiger partial charge in [-0.15, -0.1) is 0 Å². The van der Waals surface area contributed by atoms with Crippen LogP contribution in [0.15, 0.2) is 53.1 Å². The lowest BCUT2D eigenvalue weighted by Gasteiger charge is -2.14. The van der Waals surface area contributed by atoms with Crippen LogP contribution in [0.1, 0.15) is 17.7 Å². The molecule has 17 heavy (non-hydrogen) atoms. The lowest BCUT2D eigenvalue weighted by Crippen LogP contribution is -2.37. The summed E-state index contributed by atoms with van der Waals surface area (Å²) in [6.07, 6.45) is 4.55. The van der Waals surface area contributed by atoms with Crippen molar-refractivity contribution in [1.29, 1.82) is 0 Å². The van der Waals surface area contributed by atoms with E-state index in [1.807, 2.05) is 18.2 Å². The molecule has 3 heteroatoms. The van der Waals surface area contributed by atoms with E-state index in [2.05, 4.69) is 29.7 Å². The second-order valence-electron chi connectivity index (χ2n) is 4.17. The smallest absolute Gasteiger partial charge is 0.105 e. The summed E-state index contributed by atoms with van der Waals surface area (Å²) >= 11 is 0. The van der Waals surface area contributed by atoms with Crippen molar-refractivity contribution in [1.82, 2.24) is 5.43 Å². The van der Waals surface area contributed by atoms with Crippen molar-refractivity contribution in [3.05, 3.63) is 60.1 Å². The van der Waals surface area contributed by atoms with Gasteiger partial charge in [0.25, 0.3) is 0 Å². The summed E-state index contributed by atoms with van der Waals surface area (Å²) in [4.78, 5) is 0. The van der Waals surface area contributed by atoms with Gasteiger partial charge in [-0.05, 0) is 30.5 Å². The lowest BCUT2D eigenvalue weighted by atomic mass is 10.0. The van der Waals surface area contributed by atoms with E-state index >= 15 is 0 Å². The largest absolute Gasteiger partial charge is 0.469 e. The van der Waals surface area contributed by atoms with E-state index < -0.39 is 0 Å². The zero-order valence-electron chi connectivity index (χ0n) is 9.80. The van der Waals surface area contributed by atoms with Crippen LogP contribution in [-0.2, 0) is 12.8 Å². The number of hydrogen-bond acceptors (Lipinski definition) is 3. The van der Waals surface area contributed by atoms with E-state index in [1.165, 1.54) is 5.56 Å². The second-order valence-corrected chi connectivity index (χ2v) is 4.17. The molecule has 0 aliphatic carbocycles. The monoisotopic (exact) mass is 230 g/mol. The number of hydrazine groups is 1. The molecule has 1 atom stereocenters.